The lowest BCUT2D eigenvalue weighted by molar-refractivity contribution is -0.151. The second kappa shape index (κ2) is 7.59. The second-order valence-electron chi connectivity index (χ2n) is 6.28. The zero-order valence-corrected chi connectivity index (χ0v) is 13.8. The normalized spacial score (nSPS) is 22.1. The fraction of sp³-hybridized carbons (Fsp3) is 0.556. The fourth-order valence-corrected chi connectivity index (χ4v) is 3.32. The number of aliphatic carboxylic acids is 1. The minimum Gasteiger partial charge on any atom is -0.481 e. The third kappa shape index (κ3) is 3.72. The van der Waals surface area contributed by atoms with Gasteiger partial charge in [0.15, 0.2) is 0 Å². The molecule has 2 unspecified atom stereocenters. The lowest BCUT2D eigenvalue weighted by atomic mass is 9.88. The summed E-state index contributed by atoms with van der Waals surface area (Å²) in [4.78, 5) is 26.3. The summed E-state index contributed by atoms with van der Waals surface area (Å²) >= 11 is 0. The minimum atomic E-state index is -0.974. The van der Waals surface area contributed by atoms with Gasteiger partial charge in [-0.15, -0.1) is 0 Å². The van der Waals surface area contributed by atoms with Crippen molar-refractivity contribution < 1.29 is 19.4 Å². The largest absolute Gasteiger partial charge is 0.481 e. The number of hydrogen-bond acceptors (Lipinski definition) is 3. The number of carboxylic acid groups (broad SMARTS) is 1. The number of likely N-dealkylation sites (tertiary alicyclic amines) is 1. The van der Waals surface area contributed by atoms with Crippen LogP contribution in [-0.2, 0) is 14.3 Å². The van der Waals surface area contributed by atoms with E-state index in [1.54, 1.807) is 4.90 Å². The molecule has 1 heterocycles. The van der Waals surface area contributed by atoms with Crippen LogP contribution in [0.5, 0.6) is 0 Å². The Hall–Kier alpha value is -1.88. The standard InChI is InChI=1S/C18H25NO4/c1-3-7-15(14-8-5-4-6-9-14)16(20)19-11-10-18(12-19,13-23-2)17(21)22/h4-6,8-9,15H,3,7,10-13H2,1-2H3,(H,21,22). The van der Waals surface area contributed by atoms with Gasteiger partial charge in [-0.25, -0.2) is 0 Å². The first kappa shape index (κ1) is 17.5. The van der Waals surface area contributed by atoms with Crippen LogP contribution in [0.3, 0.4) is 0 Å². The number of carbonyl (C=O) groups excluding carboxylic acids is 1. The predicted octanol–water partition coefficient (Wildman–Crippen LogP) is 2.52. The molecule has 0 aliphatic carbocycles. The highest BCUT2D eigenvalue weighted by atomic mass is 16.5. The number of amides is 1. The van der Waals surface area contributed by atoms with Gasteiger partial charge in [0.25, 0.3) is 0 Å². The van der Waals surface area contributed by atoms with Crippen molar-refractivity contribution in [3.63, 3.8) is 0 Å². The first-order valence-corrected chi connectivity index (χ1v) is 8.10. The van der Waals surface area contributed by atoms with Crippen LogP contribution in [0, 0.1) is 5.41 Å². The van der Waals surface area contributed by atoms with Crippen molar-refractivity contribution in [2.75, 3.05) is 26.8 Å². The zero-order valence-electron chi connectivity index (χ0n) is 13.8. The minimum absolute atomic E-state index is 0.0253. The van der Waals surface area contributed by atoms with E-state index in [4.69, 9.17) is 4.74 Å². The number of ether oxygens (including phenoxy) is 1. The van der Waals surface area contributed by atoms with Crippen LogP contribution in [0.1, 0.15) is 37.7 Å². The van der Waals surface area contributed by atoms with Crippen LogP contribution in [0.15, 0.2) is 30.3 Å². The molecule has 126 valence electrons. The van der Waals surface area contributed by atoms with Gasteiger partial charge in [0, 0.05) is 20.2 Å². The molecular formula is C18H25NO4. The topological polar surface area (TPSA) is 66.8 Å². The molecule has 5 heteroatoms. The highest BCUT2D eigenvalue weighted by molar-refractivity contribution is 5.85. The van der Waals surface area contributed by atoms with Crippen LogP contribution >= 0.6 is 0 Å². The van der Waals surface area contributed by atoms with Crippen LogP contribution in [0.25, 0.3) is 0 Å². The van der Waals surface area contributed by atoms with E-state index in [0.717, 1.165) is 18.4 Å². The van der Waals surface area contributed by atoms with Gasteiger partial charge in [0.05, 0.1) is 12.5 Å². The second-order valence-corrected chi connectivity index (χ2v) is 6.28. The lowest BCUT2D eigenvalue weighted by Crippen LogP contribution is -2.41. The fourth-order valence-electron chi connectivity index (χ4n) is 3.32. The van der Waals surface area contributed by atoms with Crippen molar-refractivity contribution in [2.45, 2.75) is 32.1 Å². The molecule has 0 bridgehead atoms. The van der Waals surface area contributed by atoms with E-state index >= 15 is 0 Å². The molecular weight excluding hydrogens is 294 g/mol. The Morgan fingerprint density at radius 3 is 2.61 bits per heavy atom. The van der Waals surface area contributed by atoms with E-state index in [2.05, 4.69) is 6.92 Å². The predicted molar refractivity (Wildman–Crippen MR) is 87.2 cm³/mol. The van der Waals surface area contributed by atoms with E-state index in [1.807, 2.05) is 30.3 Å². The van der Waals surface area contributed by atoms with Crippen molar-refractivity contribution in [2.24, 2.45) is 5.41 Å². The molecule has 2 rings (SSSR count). The number of carboxylic acids is 1. The molecule has 0 saturated carbocycles. The third-order valence-corrected chi connectivity index (χ3v) is 4.62. The zero-order chi connectivity index (χ0) is 16.9. The Balaban J connectivity index is 2.17. The number of methoxy groups -OCH3 is 1. The molecule has 23 heavy (non-hydrogen) atoms. The van der Waals surface area contributed by atoms with E-state index < -0.39 is 11.4 Å². The van der Waals surface area contributed by atoms with Crippen molar-refractivity contribution >= 4 is 11.9 Å². The molecule has 0 spiro atoms. The first-order valence-electron chi connectivity index (χ1n) is 8.10. The Labute approximate surface area is 137 Å². The van der Waals surface area contributed by atoms with E-state index in [0.29, 0.717) is 13.0 Å². The molecule has 2 atom stereocenters. The molecule has 1 fully saturated rings. The molecule has 5 nitrogen and oxygen atoms in total. The number of hydrogen-bond donors (Lipinski definition) is 1. The average Bonchev–Trinajstić information content (AvgIpc) is 2.99. The Morgan fingerprint density at radius 1 is 1.35 bits per heavy atom. The number of carbonyl (C=O) groups is 2. The first-order chi connectivity index (χ1) is 11.0. The number of nitrogens with zero attached hydrogens (tertiary/aromatic N) is 1. The summed E-state index contributed by atoms with van der Waals surface area (Å²) in [5, 5.41) is 9.54. The Morgan fingerprint density at radius 2 is 2.04 bits per heavy atom. The van der Waals surface area contributed by atoms with Crippen molar-refractivity contribution in [1.29, 1.82) is 0 Å². The van der Waals surface area contributed by atoms with Crippen LogP contribution in [-0.4, -0.2) is 48.7 Å². The maximum absolute atomic E-state index is 12.9. The molecule has 1 saturated heterocycles. The van der Waals surface area contributed by atoms with Gasteiger partial charge in [-0.1, -0.05) is 43.7 Å². The van der Waals surface area contributed by atoms with Gasteiger partial charge in [-0.3, -0.25) is 9.59 Å². The van der Waals surface area contributed by atoms with Gasteiger partial charge in [-0.05, 0) is 18.4 Å². The Bertz CT molecular complexity index is 545. The quantitative estimate of drug-likeness (QED) is 0.838. The van der Waals surface area contributed by atoms with Crippen LogP contribution < -0.4 is 0 Å². The summed E-state index contributed by atoms with van der Waals surface area (Å²) in [6.45, 7) is 2.89. The summed E-state index contributed by atoms with van der Waals surface area (Å²) in [6, 6.07) is 9.73. The molecule has 1 aromatic rings. The van der Waals surface area contributed by atoms with Crippen molar-refractivity contribution in [3.05, 3.63) is 35.9 Å². The van der Waals surface area contributed by atoms with Gasteiger partial charge in [-0.2, -0.15) is 0 Å². The van der Waals surface area contributed by atoms with E-state index in [1.165, 1.54) is 7.11 Å². The lowest BCUT2D eigenvalue weighted by Gasteiger charge is -2.26. The monoisotopic (exact) mass is 319 g/mol. The molecule has 0 aromatic heterocycles. The summed E-state index contributed by atoms with van der Waals surface area (Å²) in [7, 11) is 1.50. The van der Waals surface area contributed by atoms with Crippen molar-refractivity contribution in [1.82, 2.24) is 4.90 Å². The van der Waals surface area contributed by atoms with E-state index in [-0.39, 0.29) is 25.0 Å². The van der Waals surface area contributed by atoms with Gasteiger partial charge < -0.3 is 14.7 Å². The summed E-state index contributed by atoms with van der Waals surface area (Å²) in [6.07, 6.45) is 2.11. The molecule has 1 aliphatic heterocycles. The number of rotatable bonds is 7. The van der Waals surface area contributed by atoms with Gasteiger partial charge in [0.2, 0.25) is 5.91 Å². The highest BCUT2D eigenvalue weighted by Gasteiger charge is 2.47. The third-order valence-electron chi connectivity index (χ3n) is 4.62. The van der Waals surface area contributed by atoms with Gasteiger partial charge in [0.1, 0.15) is 5.41 Å². The molecule has 1 amide bonds. The van der Waals surface area contributed by atoms with E-state index in [9.17, 15) is 14.7 Å². The molecule has 0 radical (unpaired) electrons. The van der Waals surface area contributed by atoms with Crippen LogP contribution in [0.2, 0.25) is 0 Å². The molecule has 1 aliphatic rings. The summed E-state index contributed by atoms with van der Waals surface area (Å²) < 4.78 is 5.09. The Kier molecular flexibility index (Phi) is 5.77. The highest BCUT2D eigenvalue weighted by Crippen LogP contribution is 2.34. The summed E-state index contributed by atoms with van der Waals surface area (Å²) in [5.74, 6) is -1.06. The van der Waals surface area contributed by atoms with Gasteiger partial charge >= 0.3 is 5.97 Å². The molecule has 1 aromatic carbocycles. The van der Waals surface area contributed by atoms with Crippen LogP contribution in [0.4, 0.5) is 0 Å². The summed E-state index contributed by atoms with van der Waals surface area (Å²) in [5.41, 5.74) is 0.0247. The SMILES string of the molecule is CCCC(C(=O)N1CCC(COC)(C(=O)O)C1)c1ccccc1. The average molecular weight is 319 g/mol. The maximum Gasteiger partial charge on any atom is 0.313 e. The maximum atomic E-state index is 12.9. The smallest absolute Gasteiger partial charge is 0.313 e. The van der Waals surface area contributed by atoms with Crippen molar-refractivity contribution in [3.8, 4) is 0 Å². The molecule has 1 N–H and O–H groups in total. The number of benzene rings is 1.